The highest BCUT2D eigenvalue weighted by Crippen LogP contribution is 2.30. The molecule has 6 nitrogen and oxygen atoms in total. The zero-order chi connectivity index (χ0) is 17.0. The van der Waals surface area contributed by atoms with E-state index in [0.29, 0.717) is 18.6 Å². The molecular weight excluding hydrogens is 298 g/mol. The van der Waals surface area contributed by atoms with Crippen molar-refractivity contribution < 1.29 is 24.2 Å². The van der Waals surface area contributed by atoms with E-state index in [9.17, 15) is 14.7 Å². The van der Waals surface area contributed by atoms with Crippen molar-refractivity contribution in [2.45, 2.75) is 32.7 Å². The molecular formula is C17H23NO5. The lowest BCUT2D eigenvalue weighted by molar-refractivity contribution is -0.143. The molecule has 2 atom stereocenters. The van der Waals surface area contributed by atoms with Gasteiger partial charge in [-0.1, -0.05) is 13.8 Å². The van der Waals surface area contributed by atoms with E-state index >= 15 is 0 Å². The minimum atomic E-state index is -1.01. The number of rotatable bonds is 6. The van der Waals surface area contributed by atoms with Gasteiger partial charge in [0.25, 0.3) is 0 Å². The fourth-order valence-electron chi connectivity index (χ4n) is 2.65. The van der Waals surface area contributed by atoms with Crippen molar-refractivity contribution in [2.75, 3.05) is 13.7 Å². The van der Waals surface area contributed by atoms with Crippen molar-refractivity contribution in [1.82, 2.24) is 5.32 Å². The van der Waals surface area contributed by atoms with Gasteiger partial charge in [-0.05, 0) is 42.5 Å². The molecule has 1 heterocycles. The van der Waals surface area contributed by atoms with Crippen LogP contribution >= 0.6 is 0 Å². The van der Waals surface area contributed by atoms with E-state index < -0.39 is 17.9 Å². The van der Waals surface area contributed by atoms with Crippen molar-refractivity contribution in [2.24, 2.45) is 11.8 Å². The van der Waals surface area contributed by atoms with Gasteiger partial charge in [-0.2, -0.15) is 0 Å². The minimum Gasteiger partial charge on any atom is -0.497 e. The summed E-state index contributed by atoms with van der Waals surface area (Å²) in [5.74, 6) is -0.0616. The van der Waals surface area contributed by atoms with Crippen LogP contribution in [0, 0.1) is 11.8 Å². The van der Waals surface area contributed by atoms with Crippen molar-refractivity contribution in [3.05, 3.63) is 23.8 Å². The van der Waals surface area contributed by atoms with Gasteiger partial charge >= 0.3 is 5.97 Å². The molecule has 0 aromatic heterocycles. The molecule has 1 aromatic carbocycles. The van der Waals surface area contributed by atoms with Crippen LogP contribution in [0.2, 0.25) is 0 Å². The van der Waals surface area contributed by atoms with Crippen LogP contribution in [0.25, 0.3) is 0 Å². The average molecular weight is 321 g/mol. The van der Waals surface area contributed by atoms with Crippen molar-refractivity contribution in [3.63, 3.8) is 0 Å². The quantitative estimate of drug-likeness (QED) is 0.835. The molecule has 0 aliphatic carbocycles. The fraction of sp³-hybridized carbons (Fsp3) is 0.529. The molecule has 1 aliphatic rings. The van der Waals surface area contributed by atoms with E-state index in [4.69, 9.17) is 9.47 Å². The van der Waals surface area contributed by atoms with Crippen molar-refractivity contribution >= 4 is 11.9 Å². The average Bonchev–Trinajstić information content (AvgIpc) is 2.52. The third-order valence-corrected chi connectivity index (χ3v) is 3.87. The van der Waals surface area contributed by atoms with Gasteiger partial charge in [0.2, 0.25) is 5.91 Å². The second kappa shape index (κ2) is 7.35. The number of carboxylic acids is 1. The van der Waals surface area contributed by atoms with Crippen LogP contribution in [0.4, 0.5) is 0 Å². The van der Waals surface area contributed by atoms with Crippen LogP contribution in [0.15, 0.2) is 18.2 Å². The molecule has 2 N–H and O–H groups in total. The van der Waals surface area contributed by atoms with E-state index in [2.05, 4.69) is 5.32 Å². The first-order valence-electron chi connectivity index (χ1n) is 7.73. The summed E-state index contributed by atoms with van der Waals surface area (Å²) in [6.07, 6.45) is 0.908. The number of carbonyl (C=O) groups excluding carboxylic acids is 1. The molecule has 0 spiro atoms. The van der Waals surface area contributed by atoms with Gasteiger partial charge in [0.05, 0.1) is 13.0 Å². The summed E-state index contributed by atoms with van der Waals surface area (Å²) < 4.78 is 10.8. The minimum absolute atomic E-state index is 0.184. The molecule has 1 aliphatic heterocycles. The number of aliphatic carboxylic acids is 1. The van der Waals surface area contributed by atoms with Crippen LogP contribution in [0.5, 0.6) is 11.5 Å². The summed E-state index contributed by atoms with van der Waals surface area (Å²) in [6.45, 7) is 4.10. The van der Waals surface area contributed by atoms with Crippen molar-refractivity contribution in [1.29, 1.82) is 0 Å². The van der Waals surface area contributed by atoms with Crippen LogP contribution in [0.1, 0.15) is 25.8 Å². The zero-order valence-electron chi connectivity index (χ0n) is 13.7. The largest absolute Gasteiger partial charge is 0.497 e. The number of amides is 1. The first-order valence-corrected chi connectivity index (χ1v) is 7.73. The molecule has 2 rings (SSSR count). The Bertz CT molecular complexity index is 584. The maximum Gasteiger partial charge on any atom is 0.326 e. The number of carbonyl (C=O) groups is 2. The van der Waals surface area contributed by atoms with Crippen LogP contribution in [0.3, 0.4) is 0 Å². The Balaban J connectivity index is 2.04. The standard InChI is InChI=1S/C17H23NO5/c1-10(2)6-14(17(20)21)18-16(19)12-7-11-8-13(22-3)4-5-15(11)23-9-12/h4-5,8,10,12,14H,6-7,9H2,1-3H3,(H,18,19)(H,20,21)/t12?,14-/m0/s1. The van der Waals surface area contributed by atoms with Crippen LogP contribution < -0.4 is 14.8 Å². The third-order valence-electron chi connectivity index (χ3n) is 3.87. The Kier molecular flexibility index (Phi) is 5.47. The Hall–Kier alpha value is -2.24. The highest BCUT2D eigenvalue weighted by molar-refractivity contribution is 5.85. The van der Waals surface area contributed by atoms with Gasteiger partial charge in [-0.3, -0.25) is 4.79 Å². The Morgan fingerprint density at radius 2 is 2.17 bits per heavy atom. The lowest BCUT2D eigenvalue weighted by atomic mass is 9.95. The third kappa shape index (κ3) is 4.37. The molecule has 0 saturated heterocycles. The zero-order valence-corrected chi connectivity index (χ0v) is 13.7. The summed E-state index contributed by atoms with van der Waals surface area (Å²) in [4.78, 5) is 23.6. The number of hydrogen-bond acceptors (Lipinski definition) is 4. The van der Waals surface area contributed by atoms with Gasteiger partial charge in [-0.25, -0.2) is 4.79 Å². The van der Waals surface area contributed by atoms with Gasteiger partial charge in [0.15, 0.2) is 0 Å². The predicted molar refractivity (Wildman–Crippen MR) is 84.7 cm³/mol. The van der Waals surface area contributed by atoms with E-state index in [-0.39, 0.29) is 18.4 Å². The fourth-order valence-corrected chi connectivity index (χ4v) is 2.65. The van der Waals surface area contributed by atoms with Gasteiger partial charge in [0, 0.05) is 0 Å². The van der Waals surface area contributed by atoms with Crippen LogP contribution in [-0.2, 0) is 16.0 Å². The molecule has 0 radical (unpaired) electrons. The number of nitrogens with one attached hydrogen (secondary N) is 1. The van der Waals surface area contributed by atoms with E-state index in [1.165, 1.54) is 0 Å². The molecule has 1 amide bonds. The maximum absolute atomic E-state index is 12.4. The predicted octanol–water partition coefficient (Wildman–Crippen LogP) is 1.86. The SMILES string of the molecule is COc1ccc2c(c1)CC(C(=O)N[C@@H](CC(C)C)C(=O)O)CO2. The lowest BCUT2D eigenvalue weighted by Gasteiger charge is -2.26. The molecule has 0 bridgehead atoms. The first-order chi connectivity index (χ1) is 10.9. The molecule has 6 heteroatoms. The molecule has 1 aromatic rings. The molecule has 126 valence electrons. The number of ether oxygens (including phenoxy) is 2. The van der Waals surface area contributed by atoms with E-state index in [1.54, 1.807) is 7.11 Å². The normalized spacial score (nSPS) is 17.8. The Morgan fingerprint density at radius 1 is 1.43 bits per heavy atom. The second-order valence-corrected chi connectivity index (χ2v) is 6.21. The summed E-state index contributed by atoms with van der Waals surface area (Å²) >= 11 is 0. The summed E-state index contributed by atoms with van der Waals surface area (Å²) in [5.41, 5.74) is 0.895. The van der Waals surface area contributed by atoms with E-state index in [1.807, 2.05) is 32.0 Å². The topological polar surface area (TPSA) is 84.9 Å². The second-order valence-electron chi connectivity index (χ2n) is 6.21. The van der Waals surface area contributed by atoms with Gasteiger partial charge < -0.3 is 19.9 Å². The number of carboxylic acid groups (broad SMARTS) is 1. The first kappa shape index (κ1) is 17.1. The number of fused-ring (bicyclic) bond motifs is 1. The lowest BCUT2D eigenvalue weighted by Crippen LogP contribution is -2.46. The number of hydrogen-bond donors (Lipinski definition) is 2. The highest BCUT2D eigenvalue weighted by atomic mass is 16.5. The monoisotopic (exact) mass is 321 g/mol. The summed E-state index contributed by atoms with van der Waals surface area (Å²) in [6, 6.07) is 4.61. The Morgan fingerprint density at radius 3 is 2.78 bits per heavy atom. The van der Waals surface area contributed by atoms with Crippen LogP contribution in [-0.4, -0.2) is 36.7 Å². The smallest absolute Gasteiger partial charge is 0.326 e. The van der Waals surface area contributed by atoms with E-state index in [0.717, 1.165) is 11.3 Å². The molecule has 1 unspecified atom stereocenters. The molecule has 23 heavy (non-hydrogen) atoms. The summed E-state index contributed by atoms with van der Waals surface area (Å²) in [7, 11) is 1.58. The number of methoxy groups -OCH3 is 1. The summed E-state index contributed by atoms with van der Waals surface area (Å²) in [5, 5.41) is 11.9. The Labute approximate surface area is 135 Å². The van der Waals surface area contributed by atoms with Crippen molar-refractivity contribution in [3.8, 4) is 11.5 Å². The van der Waals surface area contributed by atoms with Gasteiger partial charge in [0.1, 0.15) is 24.1 Å². The van der Waals surface area contributed by atoms with Gasteiger partial charge in [-0.15, -0.1) is 0 Å². The maximum atomic E-state index is 12.4. The molecule has 0 saturated carbocycles. The number of benzene rings is 1. The highest BCUT2D eigenvalue weighted by Gasteiger charge is 2.30. The molecule has 0 fully saturated rings.